The third-order valence-corrected chi connectivity index (χ3v) is 1.98. The van der Waals surface area contributed by atoms with Crippen molar-refractivity contribution in [2.75, 3.05) is 6.54 Å². The number of nitrogens with one attached hydrogen (secondary N) is 1. The number of carbonyl (C=O) groups excluding carboxylic acids is 1. The SMILES string of the molecule is NCCC(NC=O)OCc1ccccc1. The molecule has 3 N–H and O–H groups in total. The number of rotatable bonds is 7. The van der Waals surface area contributed by atoms with E-state index in [1.807, 2.05) is 30.3 Å². The van der Waals surface area contributed by atoms with E-state index in [1.165, 1.54) is 0 Å². The largest absolute Gasteiger partial charge is 0.354 e. The van der Waals surface area contributed by atoms with Crippen molar-refractivity contribution in [3.8, 4) is 0 Å². The highest BCUT2D eigenvalue weighted by atomic mass is 16.5. The number of ether oxygens (including phenoxy) is 1. The highest BCUT2D eigenvalue weighted by molar-refractivity contribution is 5.46. The van der Waals surface area contributed by atoms with Crippen LogP contribution in [0, 0.1) is 0 Å². The predicted octanol–water partition coefficient (Wildman–Crippen LogP) is 0.624. The summed E-state index contributed by atoms with van der Waals surface area (Å²) in [4.78, 5) is 10.3. The Morgan fingerprint density at radius 3 is 2.73 bits per heavy atom. The van der Waals surface area contributed by atoms with Gasteiger partial charge in [0, 0.05) is 6.42 Å². The molecule has 0 saturated carbocycles. The maximum absolute atomic E-state index is 10.3. The van der Waals surface area contributed by atoms with E-state index < -0.39 is 0 Å². The molecule has 0 bridgehead atoms. The molecule has 1 aromatic rings. The van der Waals surface area contributed by atoms with E-state index in [0.717, 1.165) is 5.56 Å². The van der Waals surface area contributed by atoms with E-state index in [0.29, 0.717) is 26.0 Å². The van der Waals surface area contributed by atoms with Crippen LogP contribution < -0.4 is 11.1 Å². The van der Waals surface area contributed by atoms with Gasteiger partial charge in [-0.3, -0.25) is 4.79 Å². The Morgan fingerprint density at radius 1 is 1.40 bits per heavy atom. The normalized spacial score (nSPS) is 12.1. The van der Waals surface area contributed by atoms with Gasteiger partial charge in [0.2, 0.25) is 6.41 Å². The minimum absolute atomic E-state index is 0.298. The van der Waals surface area contributed by atoms with E-state index in [-0.39, 0.29) is 6.23 Å². The van der Waals surface area contributed by atoms with Crippen molar-refractivity contribution in [2.45, 2.75) is 19.3 Å². The van der Waals surface area contributed by atoms with Crippen molar-refractivity contribution in [1.82, 2.24) is 5.32 Å². The fraction of sp³-hybridized carbons (Fsp3) is 0.364. The highest BCUT2D eigenvalue weighted by Gasteiger charge is 2.05. The van der Waals surface area contributed by atoms with Gasteiger partial charge in [-0.25, -0.2) is 0 Å². The molecule has 0 radical (unpaired) electrons. The molecule has 1 atom stereocenters. The second kappa shape index (κ2) is 6.98. The zero-order valence-corrected chi connectivity index (χ0v) is 8.56. The lowest BCUT2D eigenvalue weighted by Crippen LogP contribution is -2.32. The maximum Gasteiger partial charge on any atom is 0.209 e. The molecule has 1 amide bonds. The first-order chi connectivity index (χ1) is 7.36. The number of carbonyl (C=O) groups is 1. The van der Waals surface area contributed by atoms with Gasteiger partial charge in [-0.1, -0.05) is 30.3 Å². The van der Waals surface area contributed by atoms with Gasteiger partial charge >= 0.3 is 0 Å². The van der Waals surface area contributed by atoms with Crippen molar-refractivity contribution in [3.05, 3.63) is 35.9 Å². The first kappa shape index (κ1) is 11.7. The zero-order chi connectivity index (χ0) is 10.9. The summed E-state index contributed by atoms with van der Waals surface area (Å²) in [6, 6.07) is 9.79. The molecule has 0 aliphatic heterocycles. The molecule has 82 valence electrons. The molecule has 4 nitrogen and oxygen atoms in total. The molecule has 0 heterocycles. The first-order valence-electron chi connectivity index (χ1n) is 4.92. The van der Waals surface area contributed by atoms with Gasteiger partial charge in [-0.15, -0.1) is 0 Å². The van der Waals surface area contributed by atoms with Crippen LogP contribution in [0.25, 0.3) is 0 Å². The first-order valence-corrected chi connectivity index (χ1v) is 4.92. The second-order valence-corrected chi connectivity index (χ2v) is 3.15. The summed E-state index contributed by atoms with van der Waals surface area (Å²) in [7, 11) is 0. The molecular formula is C11H16N2O2. The average molecular weight is 208 g/mol. The van der Waals surface area contributed by atoms with Gasteiger partial charge in [-0.05, 0) is 12.1 Å². The summed E-state index contributed by atoms with van der Waals surface area (Å²) in [6.45, 7) is 0.965. The smallest absolute Gasteiger partial charge is 0.209 e. The fourth-order valence-electron chi connectivity index (χ4n) is 1.21. The molecule has 0 fully saturated rings. The average Bonchev–Trinajstić information content (AvgIpc) is 2.28. The van der Waals surface area contributed by atoms with E-state index in [2.05, 4.69) is 5.32 Å². The quantitative estimate of drug-likeness (QED) is 0.510. The van der Waals surface area contributed by atoms with Gasteiger partial charge in [0.15, 0.2) is 0 Å². The topological polar surface area (TPSA) is 64.3 Å². The van der Waals surface area contributed by atoms with Gasteiger partial charge < -0.3 is 15.8 Å². The molecule has 0 saturated heterocycles. The van der Waals surface area contributed by atoms with Crippen LogP contribution in [-0.2, 0) is 16.1 Å². The second-order valence-electron chi connectivity index (χ2n) is 3.15. The summed E-state index contributed by atoms with van der Waals surface area (Å²) in [6.07, 6.45) is 0.948. The summed E-state index contributed by atoms with van der Waals surface area (Å²) in [5, 5.41) is 2.57. The van der Waals surface area contributed by atoms with Gasteiger partial charge in [0.25, 0.3) is 0 Å². The zero-order valence-electron chi connectivity index (χ0n) is 8.56. The van der Waals surface area contributed by atoms with Crippen LogP contribution in [0.3, 0.4) is 0 Å². The molecule has 0 aromatic heterocycles. The molecule has 0 aliphatic rings. The number of nitrogens with two attached hydrogens (primary N) is 1. The molecule has 15 heavy (non-hydrogen) atoms. The lowest BCUT2D eigenvalue weighted by Gasteiger charge is -2.15. The lowest BCUT2D eigenvalue weighted by atomic mass is 10.2. The van der Waals surface area contributed by atoms with Crippen LogP contribution in [0.2, 0.25) is 0 Å². The summed E-state index contributed by atoms with van der Waals surface area (Å²) in [5.41, 5.74) is 6.47. The highest BCUT2D eigenvalue weighted by Crippen LogP contribution is 2.03. The van der Waals surface area contributed by atoms with Crippen LogP contribution in [-0.4, -0.2) is 19.2 Å². The Morgan fingerprint density at radius 2 is 2.13 bits per heavy atom. The number of hydrogen-bond donors (Lipinski definition) is 2. The number of amides is 1. The molecule has 4 heteroatoms. The summed E-state index contributed by atoms with van der Waals surface area (Å²) >= 11 is 0. The summed E-state index contributed by atoms with van der Waals surface area (Å²) < 4.78 is 5.49. The summed E-state index contributed by atoms with van der Waals surface area (Å²) in [5.74, 6) is 0. The Bertz CT molecular complexity index is 277. The number of hydrogen-bond acceptors (Lipinski definition) is 3. The maximum atomic E-state index is 10.3. The standard InChI is InChI=1S/C11H16N2O2/c12-7-6-11(13-9-14)15-8-10-4-2-1-3-5-10/h1-5,9,11H,6-8,12H2,(H,13,14). The van der Waals surface area contributed by atoms with E-state index >= 15 is 0 Å². The van der Waals surface area contributed by atoms with E-state index in [1.54, 1.807) is 0 Å². The van der Waals surface area contributed by atoms with Gasteiger partial charge in [-0.2, -0.15) is 0 Å². The third kappa shape index (κ3) is 4.58. The molecule has 1 unspecified atom stereocenters. The van der Waals surface area contributed by atoms with Crippen LogP contribution in [0.4, 0.5) is 0 Å². The Labute approximate surface area is 89.4 Å². The minimum atomic E-state index is -0.298. The fourth-order valence-corrected chi connectivity index (χ4v) is 1.21. The van der Waals surface area contributed by atoms with Crippen molar-refractivity contribution in [1.29, 1.82) is 0 Å². The van der Waals surface area contributed by atoms with Crippen molar-refractivity contribution >= 4 is 6.41 Å². The van der Waals surface area contributed by atoms with Crippen LogP contribution in [0.1, 0.15) is 12.0 Å². The van der Waals surface area contributed by atoms with Crippen LogP contribution in [0.15, 0.2) is 30.3 Å². The van der Waals surface area contributed by atoms with Crippen molar-refractivity contribution in [3.63, 3.8) is 0 Å². The van der Waals surface area contributed by atoms with Crippen molar-refractivity contribution < 1.29 is 9.53 Å². The Kier molecular flexibility index (Phi) is 5.43. The molecule has 1 rings (SSSR count). The van der Waals surface area contributed by atoms with Gasteiger partial charge in [0.05, 0.1) is 6.61 Å². The van der Waals surface area contributed by atoms with Crippen LogP contribution >= 0.6 is 0 Å². The molecule has 1 aromatic carbocycles. The molecule has 0 spiro atoms. The third-order valence-electron chi connectivity index (χ3n) is 1.98. The minimum Gasteiger partial charge on any atom is -0.354 e. The van der Waals surface area contributed by atoms with Crippen LogP contribution in [0.5, 0.6) is 0 Å². The van der Waals surface area contributed by atoms with E-state index in [4.69, 9.17) is 10.5 Å². The molecule has 0 aliphatic carbocycles. The van der Waals surface area contributed by atoms with Gasteiger partial charge in [0.1, 0.15) is 6.23 Å². The Hall–Kier alpha value is -1.39. The predicted molar refractivity (Wildman–Crippen MR) is 57.9 cm³/mol. The van der Waals surface area contributed by atoms with E-state index in [9.17, 15) is 4.79 Å². The number of benzene rings is 1. The molecular weight excluding hydrogens is 192 g/mol. The Balaban J connectivity index is 2.36. The monoisotopic (exact) mass is 208 g/mol. The van der Waals surface area contributed by atoms with Crippen molar-refractivity contribution in [2.24, 2.45) is 5.73 Å². The lowest BCUT2D eigenvalue weighted by molar-refractivity contribution is -0.114.